The van der Waals surface area contributed by atoms with E-state index >= 15 is 0 Å². The number of rotatable bonds is 4. The summed E-state index contributed by atoms with van der Waals surface area (Å²) in [5.41, 5.74) is 1.38. The summed E-state index contributed by atoms with van der Waals surface area (Å²) in [6.45, 7) is 0. The van der Waals surface area contributed by atoms with Gasteiger partial charge in [-0.2, -0.15) is 0 Å². The number of nitrogens with one attached hydrogen (secondary N) is 1. The molecule has 0 aliphatic carbocycles. The summed E-state index contributed by atoms with van der Waals surface area (Å²) in [6, 6.07) is 13.3. The van der Waals surface area contributed by atoms with Crippen molar-refractivity contribution in [2.24, 2.45) is 0 Å². The maximum absolute atomic E-state index is 12.6. The molecule has 26 heavy (non-hydrogen) atoms. The lowest BCUT2D eigenvalue weighted by molar-refractivity contribution is 0.102. The van der Waals surface area contributed by atoms with Gasteiger partial charge in [-0.05, 0) is 30.3 Å². The van der Waals surface area contributed by atoms with Gasteiger partial charge in [-0.1, -0.05) is 29.8 Å². The largest absolute Gasteiger partial charge is 0.320 e. The molecule has 0 unspecified atom stereocenters. The molecule has 3 rings (SSSR count). The maximum atomic E-state index is 12.6. The first-order chi connectivity index (χ1) is 12.3. The number of para-hydroxylation sites is 1. The highest BCUT2D eigenvalue weighted by Gasteiger charge is 2.22. The second kappa shape index (κ2) is 7.03. The normalized spacial score (nSPS) is 11.7. The van der Waals surface area contributed by atoms with Crippen molar-refractivity contribution in [3.05, 3.63) is 65.3 Å². The molecule has 0 atom stereocenters. The summed E-state index contributed by atoms with van der Waals surface area (Å²) in [4.78, 5) is 16.8. The average Bonchev–Trinajstić information content (AvgIpc) is 2.62. The SMILES string of the molecule is CN(C)S(=O)(=O)c1cc(C(=O)Nc2cccc3cccnc23)ccc1Cl. The van der Waals surface area contributed by atoms with Crippen molar-refractivity contribution in [2.75, 3.05) is 19.4 Å². The van der Waals surface area contributed by atoms with Gasteiger partial charge in [0.2, 0.25) is 10.0 Å². The van der Waals surface area contributed by atoms with E-state index in [1.165, 1.54) is 32.3 Å². The predicted octanol–water partition coefficient (Wildman–Crippen LogP) is 3.39. The number of fused-ring (bicyclic) bond motifs is 1. The second-order valence-electron chi connectivity index (χ2n) is 5.77. The molecule has 0 bridgehead atoms. The van der Waals surface area contributed by atoms with E-state index in [9.17, 15) is 13.2 Å². The average molecular weight is 390 g/mol. The van der Waals surface area contributed by atoms with Gasteiger partial charge in [0.1, 0.15) is 4.90 Å². The Bertz CT molecular complexity index is 1090. The fourth-order valence-electron chi connectivity index (χ4n) is 2.44. The first-order valence-corrected chi connectivity index (χ1v) is 9.49. The Balaban J connectivity index is 1.98. The fourth-order valence-corrected chi connectivity index (χ4v) is 3.83. The van der Waals surface area contributed by atoms with Gasteiger partial charge >= 0.3 is 0 Å². The number of hydrogen-bond donors (Lipinski definition) is 1. The number of carbonyl (C=O) groups is 1. The number of anilines is 1. The molecule has 1 aromatic heterocycles. The van der Waals surface area contributed by atoms with E-state index in [1.54, 1.807) is 12.3 Å². The summed E-state index contributed by atoms with van der Waals surface area (Å²) >= 11 is 6.02. The molecule has 134 valence electrons. The molecular weight excluding hydrogens is 374 g/mol. The standard InChI is InChI=1S/C18H16ClN3O3S/c1-22(2)26(24,25)16-11-13(8-9-14(16)19)18(23)21-15-7-3-5-12-6-4-10-20-17(12)15/h3-11H,1-2H3,(H,21,23). The molecule has 0 radical (unpaired) electrons. The van der Waals surface area contributed by atoms with Crippen molar-refractivity contribution in [3.63, 3.8) is 0 Å². The molecule has 0 aliphatic rings. The van der Waals surface area contributed by atoms with Crippen molar-refractivity contribution in [1.82, 2.24) is 9.29 Å². The van der Waals surface area contributed by atoms with Crippen molar-refractivity contribution in [1.29, 1.82) is 0 Å². The van der Waals surface area contributed by atoms with Gasteiger partial charge in [-0.25, -0.2) is 12.7 Å². The van der Waals surface area contributed by atoms with Crippen molar-refractivity contribution >= 4 is 44.1 Å². The number of pyridine rings is 1. The number of sulfonamides is 1. The number of benzene rings is 2. The molecule has 2 aromatic carbocycles. The molecule has 8 heteroatoms. The quantitative estimate of drug-likeness (QED) is 0.741. The van der Waals surface area contributed by atoms with Crippen molar-refractivity contribution in [2.45, 2.75) is 4.90 Å². The van der Waals surface area contributed by atoms with E-state index in [-0.39, 0.29) is 15.5 Å². The van der Waals surface area contributed by atoms with Crippen molar-refractivity contribution in [3.8, 4) is 0 Å². The minimum absolute atomic E-state index is 0.0575. The number of hydrogen-bond acceptors (Lipinski definition) is 4. The fraction of sp³-hybridized carbons (Fsp3) is 0.111. The Morgan fingerprint density at radius 3 is 2.58 bits per heavy atom. The van der Waals surface area contributed by atoms with Crippen LogP contribution in [0.15, 0.2) is 59.6 Å². The molecule has 0 saturated heterocycles. The maximum Gasteiger partial charge on any atom is 0.255 e. The van der Waals surface area contributed by atoms with Crippen LogP contribution in [0.25, 0.3) is 10.9 Å². The first kappa shape index (κ1) is 18.3. The summed E-state index contributed by atoms with van der Waals surface area (Å²) < 4.78 is 25.8. The summed E-state index contributed by atoms with van der Waals surface area (Å²) in [7, 11) is -0.956. The zero-order valence-electron chi connectivity index (χ0n) is 14.1. The van der Waals surface area contributed by atoms with Crippen LogP contribution in [0.4, 0.5) is 5.69 Å². The van der Waals surface area contributed by atoms with E-state index in [2.05, 4.69) is 10.3 Å². The van der Waals surface area contributed by atoms with Crippen LogP contribution >= 0.6 is 11.6 Å². The van der Waals surface area contributed by atoms with Gasteiger partial charge in [-0.15, -0.1) is 0 Å². The molecule has 0 aliphatic heterocycles. The lowest BCUT2D eigenvalue weighted by atomic mass is 10.1. The zero-order chi connectivity index (χ0) is 18.9. The van der Waals surface area contributed by atoms with E-state index in [0.717, 1.165) is 9.69 Å². The van der Waals surface area contributed by atoms with Crippen LogP contribution in [-0.2, 0) is 10.0 Å². The van der Waals surface area contributed by atoms with Gasteiger partial charge in [-0.3, -0.25) is 9.78 Å². The third-order valence-electron chi connectivity index (χ3n) is 3.83. The van der Waals surface area contributed by atoms with E-state index in [4.69, 9.17) is 11.6 Å². The lowest BCUT2D eigenvalue weighted by Crippen LogP contribution is -2.23. The molecular formula is C18H16ClN3O3S. The van der Waals surface area contributed by atoms with E-state index in [0.29, 0.717) is 11.2 Å². The summed E-state index contributed by atoms with van der Waals surface area (Å²) in [5, 5.41) is 3.72. The van der Waals surface area contributed by atoms with Gasteiger partial charge in [0.25, 0.3) is 5.91 Å². The zero-order valence-corrected chi connectivity index (χ0v) is 15.7. The molecule has 0 fully saturated rings. The molecule has 0 spiro atoms. The molecule has 0 saturated carbocycles. The van der Waals surface area contributed by atoms with Crippen LogP contribution in [0.3, 0.4) is 0 Å². The molecule has 6 nitrogen and oxygen atoms in total. The monoisotopic (exact) mass is 389 g/mol. The van der Waals surface area contributed by atoms with E-state index < -0.39 is 15.9 Å². The van der Waals surface area contributed by atoms with Gasteiger partial charge < -0.3 is 5.32 Å². The van der Waals surface area contributed by atoms with Crippen LogP contribution in [0, 0.1) is 0 Å². The molecule has 1 N–H and O–H groups in total. The lowest BCUT2D eigenvalue weighted by Gasteiger charge is -2.14. The van der Waals surface area contributed by atoms with Gasteiger partial charge in [0, 0.05) is 31.2 Å². The summed E-state index contributed by atoms with van der Waals surface area (Å²) in [5.74, 6) is -0.449. The predicted molar refractivity (Wildman–Crippen MR) is 102 cm³/mol. The Kier molecular flexibility index (Phi) is 4.95. The smallest absolute Gasteiger partial charge is 0.255 e. The minimum Gasteiger partial charge on any atom is -0.320 e. The highest BCUT2D eigenvalue weighted by atomic mass is 35.5. The van der Waals surface area contributed by atoms with Crippen LogP contribution in [0.1, 0.15) is 10.4 Å². The van der Waals surface area contributed by atoms with Crippen LogP contribution in [0.5, 0.6) is 0 Å². The van der Waals surface area contributed by atoms with Crippen LogP contribution in [0.2, 0.25) is 5.02 Å². The number of halogens is 1. The minimum atomic E-state index is -3.76. The highest BCUT2D eigenvalue weighted by molar-refractivity contribution is 7.89. The Hall–Kier alpha value is -2.48. The second-order valence-corrected chi connectivity index (χ2v) is 8.29. The topological polar surface area (TPSA) is 79.4 Å². The Labute approximate surface area is 156 Å². The molecule has 1 amide bonds. The van der Waals surface area contributed by atoms with Crippen LogP contribution < -0.4 is 5.32 Å². The number of carbonyl (C=O) groups excluding carboxylic acids is 1. The Morgan fingerprint density at radius 1 is 1.12 bits per heavy atom. The van der Waals surface area contributed by atoms with E-state index in [1.807, 2.05) is 24.3 Å². The number of aromatic nitrogens is 1. The van der Waals surface area contributed by atoms with Gasteiger partial charge in [0.05, 0.1) is 16.2 Å². The first-order valence-electron chi connectivity index (χ1n) is 7.68. The van der Waals surface area contributed by atoms with Crippen LogP contribution in [-0.4, -0.2) is 37.7 Å². The number of amides is 1. The van der Waals surface area contributed by atoms with Gasteiger partial charge in [0.15, 0.2) is 0 Å². The molecule has 1 heterocycles. The van der Waals surface area contributed by atoms with Crippen molar-refractivity contribution < 1.29 is 13.2 Å². The third kappa shape index (κ3) is 3.41. The molecule has 3 aromatic rings. The summed E-state index contributed by atoms with van der Waals surface area (Å²) in [6.07, 6.45) is 1.64. The Morgan fingerprint density at radius 2 is 1.85 bits per heavy atom. The number of nitrogens with zero attached hydrogens (tertiary/aromatic N) is 2. The highest BCUT2D eigenvalue weighted by Crippen LogP contribution is 2.26. The third-order valence-corrected chi connectivity index (χ3v) is 6.13.